The number of carboxylic acids is 1. The van der Waals surface area contributed by atoms with E-state index >= 15 is 0 Å². The fourth-order valence-corrected chi connectivity index (χ4v) is 3.56. The molecule has 0 spiro atoms. The second kappa shape index (κ2) is 5.47. The molecule has 3 heteroatoms. The third-order valence-electron chi connectivity index (χ3n) is 4.70. The van der Waals surface area contributed by atoms with Crippen molar-refractivity contribution >= 4 is 5.97 Å². The number of fused-ring (bicyclic) bond motifs is 1. The lowest BCUT2D eigenvalue weighted by Gasteiger charge is -2.24. The van der Waals surface area contributed by atoms with Crippen molar-refractivity contribution in [1.29, 1.82) is 0 Å². The average molecular weight is 274 g/mol. The van der Waals surface area contributed by atoms with Crippen LogP contribution >= 0.6 is 0 Å². The fourth-order valence-electron chi connectivity index (χ4n) is 3.56. The average Bonchev–Trinajstić information content (AvgIpc) is 3.28. The van der Waals surface area contributed by atoms with Crippen LogP contribution in [0.25, 0.3) is 0 Å². The minimum absolute atomic E-state index is 0.120. The van der Waals surface area contributed by atoms with Gasteiger partial charge in [-0.15, -0.1) is 0 Å². The molecule has 0 aromatic heterocycles. The van der Waals surface area contributed by atoms with Crippen LogP contribution in [0.3, 0.4) is 0 Å². The molecule has 108 valence electrons. The zero-order chi connectivity index (χ0) is 14.1. The molecule has 1 saturated carbocycles. The topological polar surface area (TPSA) is 46.5 Å². The highest BCUT2D eigenvalue weighted by Crippen LogP contribution is 2.48. The van der Waals surface area contributed by atoms with Gasteiger partial charge in [-0.3, -0.25) is 4.79 Å². The molecule has 0 bridgehead atoms. The first-order valence-electron chi connectivity index (χ1n) is 7.61. The quantitative estimate of drug-likeness (QED) is 0.893. The molecule has 3 rings (SSSR count). The Labute approximate surface area is 120 Å². The summed E-state index contributed by atoms with van der Waals surface area (Å²) in [5.41, 5.74) is 3.84. The molecule has 0 heterocycles. The van der Waals surface area contributed by atoms with Crippen molar-refractivity contribution < 1.29 is 14.6 Å². The van der Waals surface area contributed by atoms with Crippen LogP contribution in [0.4, 0.5) is 0 Å². The third-order valence-corrected chi connectivity index (χ3v) is 4.70. The number of aryl methyl sites for hydroxylation is 1. The summed E-state index contributed by atoms with van der Waals surface area (Å²) in [4.78, 5) is 11.2. The highest BCUT2D eigenvalue weighted by atomic mass is 16.5. The van der Waals surface area contributed by atoms with Gasteiger partial charge in [-0.05, 0) is 61.1 Å². The summed E-state index contributed by atoms with van der Waals surface area (Å²) in [6, 6.07) is 4.32. The number of rotatable bonds is 5. The van der Waals surface area contributed by atoms with E-state index in [9.17, 15) is 9.90 Å². The summed E-state index contributed by atoms with van der Waals surface area (Å²) in [6.07, 6.45) is 7.17. The number of carbonyl (C=O) groups is 1. The summed E-state index contributed by atoms with van der Waals surface area (Å²) in [6.45, 7) is 0. The molecule has 1 unspecified atom stereocenters. The summed E-state index contributed by atoms with van der Waals surface area (Å²) in [5, 5.41) is 9.18. The molecule has 3 nitrogen and oxygen atoms in total. The number of carboxylic acid groups (broad SMARTS) is 1. The minimum Gasteiger partial charge on any atom is -0.496 e. The first-order valence-corrected chi connectivity index (χ1v) is 7.61. The first-order chi connectivity index (χ1) is 9.70. The zero-order valence-electron chi connectivity index (χ0n) is 12.0. The third kappa shape index (κ3) is 2.54. The van der Waals surface area contributed by atoms with Gasteiger partial charge in [0.05, 0.1) is 13.5 Å². The lowest BCUT2D eigenvalue weighted by Crippen LogP contribution is -2.13. The van der Waals surface area contributed by atoms with Crippen molar-refractivity contribution in [2.24, 2.45) is 5.92 Å². The van der Waals surface area contributed by atoms with Gasteiger partial charge < -0.3 is 9.84 Å². The second-order valence-electron chi connectivity index (χ2n) is 6.07. The van der Waals surface area contributed by atoms with Crippen molar-refractivity contribution in [3.05, 3.63) is 28.8 Å². The monoisotopic (exact) mass is 274 g/mol. The number of aliphatic carboxylic acids is 1. The van der Waals surface area contributed by atoms with Crippen molar-refractivity contribution in [2.75, 3.05) is 7.11 Å². The van der Waals surface area contributed by atoms with Crippen LogP contribution in [-0.4, -0.2) is 18.2 Å². The molecule has 0 aliphatic heterocycles. The number of methoxy groups -OCH3 is 1. The largest absolute Gasteiger partial charge is 0.496 e. The Morgan fingerprint density at radius 3 is 2.75 bits per heavy atom. The summed E-state index contributed by atoms with van der Waals surface area (Å²) in [5.74, 6) is 0.915. The van der Waals surface area contributed by atoms with Gasteiger partial charge in [-0.2, -0.15) is 0 Å². The van der Waals surface area contributed by atoms with Crippen LogP contribution in [0.2, 0.25) is 0 Å². The Morgan fingerprint density at radius 1 is 1.35 bits per heavy atom. The van der Waals surface area contributed by atoms with Crippen LogP contribution in [-0.2, 0) is 17.6 Å². The molecule has 0 saturated heterocycles. The molecule has 2 aliphatic carbocycles. The number of ether oxygens (including phenoxy) is 1. The maximum atomic E-state index is 11.2. The van der Waals surface area contributed by atoms with Gasteiger partial charge in [0.15, 0.2) is 0 Å². The predicted octanol–water partition coefficient (Wildman–Crippen LogP) is 3.54. The van der Waals surface area contributed by atoms with Crippen molar-refractivity contribution in [1.82, 2.24) is 0 Å². The van der Waals surface area contributed by atoms with Gasteiger partial charge in [-0.25, -0.2) is 0 Å². The standard InChI is InChI=1S/C17H22O3/c1-20-17-13-5-3-2-4-11(13)8-9-14(17)15(10-16(18)19)12-6-7-12/h8-9,12,15H,2-7,10H2,1H3,(H,18,19). The normalized spacial score (nSPS) is 19.2. The van der Waals surface area contributed by atoms with E-state index in [-0.39, 0.29) is 12.3 Å². The molecular weight excluding hydrogens is 252 g/mol. The van der Waals surface area contributed by atoms with Crippen molar-refractivity contribution in [2.45, 2.75) is 50.9 Å². The van der Waals surface area contributed by atoms with Gasteiger partial charge in [0.2, 0.25) is 0 Å². The number of benzene rings is 1. The van der Waals surface area contributed by atoms with Gasteiger partial charge in [0.25, 0.3) is 0 Å². The van der Waals surface area contributed by atoms with E-state index in [2.05, 4.69) is 12.1 Å². The predicted molar refractivity (Wildman–Crippen MR) is 77.4 cm³/mol. The summed E-state index contributed by atoms with van der Waals surface area (Å²) < 4.78 is 5.69. The smallest absolute Gasteiger partial charge is 0.303 e. The Kier molecular flexibility index (Phi) is 3.68. The summed E-state index contributed by atoms with van der Waals surface area (Å²) in [7, 11) is 1.72. The number of hydrogen-bond donors (Lipinski definition) is 1. The molecule has 1 atom stereocenters. The van der Waals surface area contributed by atoms with Gasteiger partial charge in [0.1, 0.15) is 5.75 Å². The Bertz CT molecular complexity index is 517. The van der Waals surface area contributed by atoms with E-state index in [4.69, 9.17) is 4.74 Å². The van der Waals surface area contributed by atoms with Crippen LogP contribution < -0.4 is 4.74 Å². The molecule has 0 radical (unpaired) electrons. The molecule has 1 fully saturated rings. The Hall–Kier alpha value is -1.51. The molecular formula is C17H22O3. The van der Waals surface area contributed by atoms with Crippen molar-refractivity contribution in [3.8, 4) is 5.75 Å². The van der Waals surface area contributed by atoms with Gasteiger partial charge in [0, 0.05) is 5.92 Å². The highest BCUT2D eigenvalue weighted by molar-refractivity contribution is 5.69. The van der Waals surface area contributed by atoms with Gasteiger partial charge in [-0.1, -0.05) is 12.1 Å². The number of hydrogen-bond acceptors (Lipinski definition) is 2. The summed E-state index contributed by atoms with van der Waals surface area (Å²) >= 11 is 0. The van der Waals surface area contributed by atoms with Crippen LogP contribution in [0, 0.1) is 5.92 Å². The molecule has 0 amide bonds. The van der Waals surface area contributed by atoms with Crippen LogP contribution in [0.1, 0.15) is 54.7 Å². The lowest BCUT2D eigenvalue weighted by molar-refractivity contribution is -0.137. The molecule has 1 aromatic carbocycles. The fraction of sp³-hybridized carbons (Fsp3) is 0.588. The maximum absolute atomic E-state index is 11.2. The Morgan fingerprint density at radius 2 is 2.10 bits per heavy atom. The van der Waals surface area contributed by atoms with Crippen LogP contribution in [0.5, 0.6) is 5.75 Å². The zero-order valence-corrected chi connectivity index (χ0v) is 12.0. The SMILES string of the molecule is COc1c(C(CC(=O)O)C2CC2)ccc2c1CCCC2. The molecule has 20 heavy (non-hydrogen) atoms. The van der Waals surface area contributed by atoms with E-state index in [1.54, 1.807) is 7.11 Å². The van der Waals surface area contributed by atoms with E-state index in [0.717, 1.165) is 37.0 Å². The minimum atomic E-state index is -0.707. The molecule has 1 N–H and O–H groups in total. The van der Waals surface area contributed by atoms with E-state index in [1.165, 1.54) is 24.0 Å². The van der Waals surface area contributed by atoms with Crippen LogP contribution in [0.15, 0.2) is 12.1 Å². The van der Waals surface area contributed by atoms with Gasteiger partial charge >= 0.3 is 5.97 Å². The molecule has 2 aliphatic rings. The van der Waals surface area contributed by atoms with E-state index < -0.39 is 5.97 Å². The Balaban J connectivity index is 2.00. The van der Waals surface area contributed by atoms with E-state index in [1.807, 2.05) is 0 Å². The second-order valence-corrected chi connectivity index (χ2v) is 6.07. The first kappa shape index (κ1) is 13.5. The van der Waals surface area contributed by atoms with E-state index in [0.29, 0.717) is 5.92 Å². The maximum Gasteiger partial charge on any atom is 0.303 e. The lowest BCUT2D eigenvalue weighted by atomic mass is 9.83. The highest BCUT2D eigenvalue weighted by Gasteiger charge is 2.36. The molecule has 1 aromatic rings. The van der Waals surface area contributed by atoms with Crippen molar-refractivity contribution in [3.63, 3.8) is 0 Å².